The van der Waals surface area contributed by atoms with Gasteiger partial charge in [-0.3, -0.25) is 4.79 Å². The molecule has 0 spiro atoms. The van der Waals surface area contributed by atoms with Crippen LogP contribution < -0.4 is 0 Å². The molecule has 0 radical (unpaired) electrons. The van der Waals surface area contributed by atoms with Crippen LogP contribution in [-0.2, 0) is 14.3 Å². The Morgan fingerprint density at radius 3 is 3.00 bits per heavy atom. The van der Waals surface area contributed by atoms with Gasteiger partial charge in [0.1, 0.15) is 0 Å². The fourth-order valence-corrected chi connectivity index (χ4v) is 1.71. The van der Waals surface area contributed by atoms with Crippen LogP contribution in [0.15, 0.2) is 0 Å². The average Bonchev–Trinajstić information content (AvgIpc) is 2.44. The Balaban J connectivity index is 2.48. The maximum Gasteiger partial charge on any atom is 0.303 e. The van der Waals surface area contributed by atoms with E-state index < -0.39 is 5.97 Å². The van der Waals surface area contributed by atoms with Crippen LogP contribution in [0.2, 0.25) is 0 Å². The fraction of sp³-hybridized carbons (Fsp3) is 0.889. The molecule has 0 aromatic carbocycles. The molecule has 0 aromatic heterocycles. The molecule has 1 unspecified atom stereocenters. The van der Waals surface area contributed by atoms with Crippen molar-refractivity contribution in [2.75, 3.05) is 13.7 Å². The molecular formula is C9H16O4. The minimum Gasteiger partial charge on any atom is -0.481 e. The lowest BCUT2D eigenvalue weighted by Crippen LogP contribution is -2.30. The summed E-state index contributed by atoms with van der Waals surface area (Å²) in [6.45, 7) is 2.67. The third-order valence-electron chi connectivity index (χ3n) is 2.64. The molecule has 13 heavy (non-hydrogen) atoms. The molecule has 76 valence electrons. The Bertz CT molecular complexity index is 192. The Morgan fingerprint density at radius 1 is 1.77 bits per heavy atom. The Morgan fingerprint density at radius 2 is 2.46 bits per heavy atom. The molecule has 0 amide bonds. The van der Waals surface area contributed by atoms with E-state index in [4.69, 9.17) is 14.6 Å². The first-order chi connectivity index (χ1) is 6.08. The summed E-state index contributed by atoms with van der Waals surface area (Å²) in [6.07, 6.45) is 1.42. The van der Waals surface area contributed by atoms with E-state index in [0.717, 1.165) is 6.42 Å². The van der Waals surface area contributed by atoms with E-state index in [1.807, 2.05) is 6.92 Å². The first kappa shape index (κ1) is 10.5. The van der Waals surface area contributed by atoms with Crippen LogP contribution in [-0.4, -0.2) is 31.1 Å². The maximum atomic E-state index is 10.4. The van der Waals surface area contributed by atoms with Crippen molar-refractivity contribution in [3.63, 3.8) is 0 Å². The quantitative estimate of drug-likeness (QED) is 0.721. The second-order valence-electron chi connectivity index (χ2n) is 3.74. The molecule has 4 nitrogen and oxygen atoms in total. The third kappa shape index (κ3) is 2.42. The molecule has 1 aliphatic heterocycles. The summed E-state index contributed by atoms with van der Waals surface area (Å²) in [5.74, 6) is -0.761. The Hall–Kier alpha value is -0.610. The standard InChI is InChI=1S/C9H16O4/c1-9(4-3-7(10)11)5-6-13-8(9)12-2/h8H,3-6H2,1-2H3,(H,10,11)/t8?,9-/m1/s1. The summed E-state index contributed by atoms with van der Waals surface area (Å²) in [6, 6.07) is 0. The van der Waals surface area contributed by atoms with Gasteiger partial charge in [-0.1, -0.05) is 6.92 Å². The molecule has 0 bridgehead atoms. The lowest BCUT2D eigenvalue weighted by atomic mass is 9.83. The first-order valence-electron chi connectivity index (χ1n) is 4.45. The highest BCUT2D eigenvalue weighted by Gasteiger charge is 2.40. The zero-order valence-electron chi connectivity index (χ0n) is 8.08. The third-order valence-corrected chi connectivity index (χ3v) is 2.64. The minimum atomic E-state index is -0.761. The summed E-state index contributed by atoms with van der Waals surface area (Å²) in [7, 11) is 1.59. The molecule has 4 heteroatoms. The van der Waals surface area contributed by atoms with Crippen LogP contribution in [0, 0.1) is 5.41 Å². The number of carboxylic acids is 1. The number of ether oxygens (including phenoxy) is 2. The number of aliphatic carboxylic acids is 1. The van der Waals surface area contributed by atoms with Gasteiger partial charge in [-0.05, 0) is 12.8 Å². The van der Waals surface area contributed by atoms with Crippen molar-refractivity contribution in [3.05, 3.63) is 0 Å². The lowest BCUT2D eigenvalue weighted by molar-refractivity contribution is -0.147. The monoisotopic (exact) mass is 188 g/mol. The summed E-state index contributed by atoms with van der Waals surface area (Å²) < 4.78 is 10.5. The smallest absolute Gasteiger partial charge is 0.303 e. The molecule has 0 aliphatic carbocycles. The average molecular weight is 188 g/mol. The van der Waals surface area contributed by atoms with Crippen molar-refractivity contribution in [1.29, 1.82) is 0 Å². The van der Waals surface area contributed by atoms with Crippen LogP contribution in [0.25, 0.3) is 0 Å². The number of rotatable bonds is 4. The van der Waals surface area contributed by atoms with Crippen molar-refractivity contribution in [2.45, 2.75) is 32.5 Å². The predicted molar refractivity (Wildman–Crippen MR) is 46.3 cm³/mol. The van der Waals surface area contributed by atoms with E-state index in [2.05, 4.69) is 0 Å². The number of hydrogen-bond donors (Lipinski definition) is 1. The molecule has 1 heterocycles. The summed E-state index contributed by atoms with van der Waals surface area (Å²) in [4.78, 5) is 10.4. The second kappa shape index (κ2) is 4.07. The van der Waals surface area contributed by atoms with Gasteiger partial charge < -0.3 is 14.6 Å². The van der Waals surface area contributed by atoms with Gasteiger partial charge in [0.15, 0.2) is 6.29 Å². The van der Waals surface area contributed by atoms with Crippen LogP contribution in [0.3, 0.4) is 0 Å². The van der Waals surface area contributed by atoms with Gasteiger partial charge >= 0.3 is 5.97 Å². The van der Waals surface area contributed by atoms with Crippen molar-refractivity contribution in [3.8, 4) is 0 Å². The predicted octanol–water partition coefficient (Wildman–Crippen LogP) is 1.25. The van der Waals surface area contributed by atoms with Crippen molar-refractivity contribution in [2.24, 2.45) is 5.41 Å². The molecule has 2 atom stereocenters. The van der Waals surface area contributed by atoms with Crippen molar-refractivity contribution < 1.29 is 19.4 Å². The second-order valence-corrected chi connectivity index (χ2v) is 3.74. The lowest BCUT2D eigenvalue weighted by Gasteiger charge is -2.27. The van der Waals surface area contributed by atoms with E-state index >= 15 is 0 Å². The van der Waals surface area contributed by atoms with Crippen molar-refractivity contribution in [1.82, 2.24) is 0 Å². The molecular weight excluding hydrogens is 172 g/mol. The molecule has 1 saturated heterocycles. The normalized spacial score (nSPS) is 33.5. The van der Waals surface area contributed by atoms with E-state index in [9.17, 15) is 4.79 Å². The molecule has 0 aromatic rings. The number of methoxy groups -OCH3 is 1. The summed E-state index contributed by atoms with van der Waals surface area (Å²) in [5.41, 5.74) is -0.132. The highest BCUT2D eigenvalue weighted by atomic mass is 16.7. The van der Waals surface area contributed by atoms with Gasteiger partial charge in [-0.2, -0.15) is 0 Å². The van der Waals surface area contributed by atoms with E-state index in [1.165, 1.54) is 0 Å². The number of hydrogen-bond acceptors (Lipinski definition) is 3. The first-order valence-corrected chi connectivity index (χ1v) is 4.45. The van der Waals surface area contributed by atoms with Gasteiger partial charge in [-0.15, -0.1) is 0 Å². The zero-order chi connectivity index (χ0) is 9.90. The topological polar surface area (TPSA) is 55.8 Å². The fourth-order valence-electron chi connectivity index (χ4n) is 1.71. The van der Waals surface area contributed by atoms with E-state index in [0.29, 0.717) is 13.0 Å². The highest BCUT2D eigenvalue weighted by molar-refractivity contribution is 5.66. The Labute approximate surface area is 77.8 Å². The SMILES string of the molecule is COC1OCC[C@@]1(C)CCC(=O)O. The molecule has 1 rings (SSSR count). The Kier molecular flexibility index (Phi) is 3.27. The number of carbonyl (C=O) groups is 1. The van der Waals surface area contributed by atoms with Gasteiger partial charge in [0, 0.05) is 18.9 Å². The number of carboxylic acid groups (broad SMARTS) is 1. The van der Waals surface area contributed by atoms with Crippen LogP contribution in [0.1, 0.15) is 26.2 Å². The van der Waals surface area contributed by atoms with E-state index in [1.54, 1.807) is 7.11 Å². The zero-order valence-corrected chi connectivity index (χ0v) is 8.08. The minimum absolute atomic E-state index is 0.132. The summed E-state index contributed by atoms with van der Waals surface area (Å²) in [5, 5.41) is 8.57. The summed E-state index contributed by atoms with van der Waals surface area (Å²) >= 11 is 0. The molecule has 1 aliphatic rings. The van der Waals surface area contributed by atoms with Gasteiger partial charge in [0.05, 0.1) is 6.61 Å². The van der Waals surface area contributed by atoms with Crippen LogP contribution in [0.4, 0.5) is 0 Å². The van der Waals surface area contributed by atoms with Crippen LogP contribution >= 0.6 is 0 Å². The molecule has 1 fully saturated rings. The molecule has 0 saturated carbocycles. The van der Waals surface area contributed by atoms with E-state index in [-0.39, 0.29) is 18.1 Å². The highest BCUT2D eigenvalue weighted by Crippen LogP contribution is 2.38. The van der Waals surface area contributed by atoms with Crippen molar-refractivity contribution >= 4 is 5.97 Å². The maximum absolute atomic E-state index is 10.4. The van der Waals surface area contributed by atoms with Gasteiger partial charge in [0.2, 0.25) is 0 Å². The van der Waals surface area contributed by atoms with Crippen LogP contribution in [0.5, 0.6) is 0 Å². The van der Waals surface area contributed by atoms with Gasteiger partial charge in [0.25, 0.3) is 0 Å². The van der Waals surface area contributed by atoms with Gasteiger partial charge in [-0.25, -0.2) is 0 Å². The largest absolute Gasteiger partial charge is 0.481 e. The molecule has 1 N–H and O–H groups in total.